The summed E-state index contributed by atoms with van der Waals surface area (Å²) >= 11 is 0. The predicted molar refractivity (Wildman–Crippen MR) is 121 cm³/mol. The number of aliphatic hydroxyl groups excluding tert-OH is 2. The average molecular weight is 431 g/mol. The van der Waals surface area contributed by atoms with Crippen LogP contribution in [0.5, 0.6) is 0 Å². The molecule has 164 valence electrons. The van der Waals surface area contributed by atoms with Crippen molar-refractivity contribution in [1.29, 1.82) is 0 Å². The summed E-state index contributed by atoms with van der Waals surface area (Å²) in [5, 5.41) is 23.2. The summed E-state index contributed by atoms with van der Waals surface area (Å²) in [7, 11) is 0. The van der Waals surface area contributed by atoms with Crippen molar-refractivity contribution in [1.82, 2.24) is 5.32 Å². The van der Waals surface area contributed by atoms with Gasteiger partial charge in [0, 0.05) is 18.0 Å². The molecule has 0 bridgehead atoms. The van der Waals surface area contributed by atoms with Crippen molar-refractivity contribution in [2.45, 2.75) is 25.0 Å². The van der Waals surface area contributed by atoms with E-state index in [1.54, 1.807) is 19.1 Å². The first-order valence-electron chi connectivity index (χ1n) is 10.5. The van der Waals surface area contributed by atoms with Crippen LogP contribution in [0.3, 0.4) is 0 Å². The van der Waals surface area contributed by atoms with E-state index in [4.69, 9.17) is 4.74 Å². The standard InChI is InChI=1S/C26H25NO5/c1-16-10-17(14-28)12-18(11-16)25(30)24(29)13-27-26(31)32-15-23-21-8-4-2-6-19(21)20-7-3-5-9-22(20)23/h2-12,14,23-25,29-30H,13,15H2,1H3,(H,27,31). The highest BCUT2D eigenvalue weighted by Gasteiger charge is 2.29. The zero-order chi connectivity index (χ0) is 22.7. The van der Waals surface area contributed by atoms with Gasteiger partial charge in [0.15, 0.2) is 0 Å². The number of rotatable bonds is 7. The fourth-order valence-corrected chi connectivity index (χ4v) is 4.25. The van der Waals surface area contributed by atoms with Crippen LogP contribution in [0.4, 0.5) is 4.79 Å². The first-order chi connectivity index (χ1) is 15.5. The van der Waals surface area contributed by atoms with Gasteiger partial charge in [0.1, 0.15) is 25.1 Å². The van der Waals surface area contributed by atoms with Crippen LogP contribution >= 0.6 is 0 Å². The summed E-state index contributed by atoms with van der Waals surface area (Å²) in [6.45, 7) is 1.77. The number of ether oxygens (including phenoxy) is 1. The highest BCUT2D eigenvalue weighted by Crippen LogP contribution is 2.44. The van der Waals surface area contributed by atoms with Crippen molar-refractivity contribution in [3.63, 3.8) is 0 Å². The van der Waals surface area contributed by atoms with Crippen molar-refractivity contribution in [3.8, 4) is 11.1 Å². The van der Waals surface area contributed by atoms with Crippen molar-refractivity contribution in [2.75, 3.05) is 13.2 Å². The number of fused-ring (bicyclic) bond motifs is 3. The maximum Gasteiger partial charge on any atom is 0.407 e. The van der Waals surface area contributed by atoms with E-state index in [0.717, 1.165) is 27.8 Å². The SMILES string of the molecule is Cc1cc(C=O)cc(C(O)C(O)CNC(=O)OCC2c3ccccc3-c3ccccc32)c1. The molecule has 4 rings (SSSR count). The number of amides is 1. The van der Waals surface area contributed by atoms with Crippen LogP contribution in [-0.4, -0.2) is 41.8 Å². The predicted octanol–water partition coefficient (Wildman–Crippen LogP) is 3.74. The number of aldehydes is 1. The molecule has 1 aliphatic rings. The summed E-state index contributed by atoms with van der Waals surface area (Å²) in [5.41, 5.74) is 6.13. The molecule has 2 unspecified atom stereocenters. The molecular formula is C26H25NO5. The van der Waals surface area contributed by atoms with E-state index in [1.165, 1.54) is 6.07 Å². The maximum absolute atomic E-state index is 12.3. The molecule has 0 radical (unpaired) electrons. The largest absolute Gasteiger partial charge is 0.449 e. The lowest BCUT2D eigenvalue weighted by molar-refractivity contribution is 0.0185. The van der Waals surface area contributed by atoms with Crippen LogP contribution < -0.4 is 5.32 Å². The second kappa shape index (κ2) is 9.34. The molecule has 1 aliphatic carbocycles. The van der Waals surface area contributed by atoms with Gasteiger partial charge in [0.25, 0.3) is 0 Å². The van der Waals surface area contributed by atoms with Crippen molar-refractivity contribution >= 4 is 12.4 Å². The van der Waals surface area contributed by atoms with E-state index >= 15 is 0 Å². The zero-order valence-corrected chi connectivity index (χ0v) is 17.7. The molecule has 3 N–H and O–H groups in total. The van der Waals surface area contributed by atoms with Gasteiger partial charge in [0.05, 0.1) is 0 Å². The zero-order valence-electron chi connectivity index (χ0n) is 17.7. The van der Waals surface area contributed by atoms with Gasteiger partial charge >= 0.3 is 6.09 Å². The number of aryl methyl sites for hydroxylation is 1. The van der Waals surface area contributed by atoms with Gasteiger partial charge in [-0.3, -0.25) is 4.79 Å². The Labute approximate surface area is 186 Å². The Kier molecular flexibility index (Phi) is 6.35. The van der Waals surface area contributed by atoms with Crippen LogP contribution in [0.1, 0.15) is 44.6 Å². The Morgan fingerprint density at radius 2 is 1.66 bits per heavy atom. The Bertz CT molecular complexity index is 1100. The second-order valence-corrected chi connectivity index (χ2v) is 8.01. The first-order valence-corrected chi connectivity index (χ1v) is 10.5. The van der Waals surface area contributed by atoms with Crippen LogP contribution in [0.25, 0.3) is 11.1 Å². The van der Waals surface area contributed by atoms with E-state index in [9.17, 15) is 19.8 Å². The quantitative estimate of drug-likeness (QED) is 0.496. The molecule has 2 atom stereocenters. The van der Waals surface area contributed by atoms with Gasteiger partial charge in [-0.2, -0.15) is 0 Å². The topological polar surface area (TPSA) is 95.9 Å². The molecule has 6 nitrogen and oxygen atoms in total. The van der Waals surface area contributed by atoms with E-state index in [1.807, 2.05) is 36.4 Å². The third-order valence-corrected chi connectivity index (χ3v) is 5.76. The van der Waals surface area contributed by atoms with E-state index in [2.05, 4.69) is 17.4 Å². The highest BCUT2D eigenvalue weighted by molar-refractivity contribution is 5.79. The van der Waals surface area contributed by atoms with Crippen LogP contribution in [-0.2, 0) is 4.74 Å². The summed E-state index contributed by atoms with van der Waals surface area (Å²) in [5.74, 6) is -0.0577. The van der Waals surface area contributed by atoms with Crippen molar-refractivity contribution in [2.24, 2.45) is 0 Å². The average Bonchev–Trinajstić information content (AvgIpc) is 3.14. The fraction of sp³-hybridized carbons (Fsp3) is 0.231. The van der Waals surface area contributed by atoms with E-state index in [-0.39, 0.29) is 19.1 Å². The minimum Gasteiger partial charge on any atom is -0.449 e. The molecule has 0 saturated heterocycles. The number of aliphatic hydroxyl groups is 2. The number of carbonyl (C=O) groups is 2. The van der Waals surface area contributed by atoms with E-state index in [0.29, 0.717) is 17.4 Å². The Balaban J connectivity index is 1.35. The van der Waals surface area contributed by atoms with Gasteiger partial charge in [-0.05, 0) is 46.9 Å². The normalized spacial score (nSPS) is 14.2. The fourth-order valence-electron chi connectivity index (χ4n) is 4.25. The third-order valence-electron chi connectivity index (χ3n) is 5.76. The van der Waals surface area contributed by atoms with Crippen molar-refractivity contribution in [3.05, 3.63) is 94.5 Å². The maximum atomic E-state index is 12.3. The Morgan fingerprint density at radius 1 is 1.03 bits per heavy atom. The molecule has 0 aliphatic heterocycles. The van der Waals surface area contributed by atoms with Gasteiger partial charge in [-0.15, -0.1) is 0 Å². The Morgan fingerprint density at radius 3 is 2.28 bits per heavy atom. The minimum atomic E-state index is -1.25. The van der Waals surface area contributed by atoms with Gasteiger partial charge in [0.2, 0.25) is 0 Å². The molecule has 0 aromatic heterocycles. The van der Waals surface area contributed by atoms with Crippen LogP contribution in [0, 0.1) is 6.92 Å². The molecular weight excluding hydrogens is 406 g/mol. The second-order valence-electron chi connectivity index (χ2n) is 8.01. The third kappa shape index (κ3) is 4.42. The number of hydrogen-bond acceptors (Lipinski definition) is 5. The van der Waals surface area contributed by atoms with Crippen molar-refractivity contribution < 1.29 is 24.5 Å². The monoisotopic (exact) mass is 431 g/mol. The highest BCUT2D eigenvalue weighted by atomic mass is 16.5. The number of alkyl carbamates (subject to hydrolysis) is 1. The van der Waals surface area contributed by atoms with Gasteiger partial charge < -0.3 is 20.3 Å². The number of hydrogen-bond donors (Lipinski definition) is 3. The molecule has 0 fully saturated rings. The lowest BCUT2D eigenvalue weighted by Gasteiger charge is -2.20. The van der Waals surface area contributed by atoms with Gasteiger partial charge in [-0.1, -0.05) is 60.2 Å². The first kappa shape index (κ1) is 21.7. The molecule has 3 aromatic rings. The molecule has 3 aromatic carbocycles. The Hall–Kier alpha value is -3.48. The number of nitrogens with one attached hydrogen (secondary N) is 1. The lowest BCUT2D eigenvalue weighted by Crippen LogP contribution is -2.36. The molecule has 0 spiro atoms. The molecule has 0 saturated carbocycles. The summed E-state index contributed by atoms with van der Waals surface area (Å²) < 4.78 is 5.44. The molecule has 1 amide bonds. The number of benzene rings is 3. The van der Waals surface area contributed by atoms with Gasteiger partial charge in [-0.25, -0.2) is 4.79 Å². The minimum absolute atomic E-state index is 0.0577. The molecule has 0 heterocycles. The van der Waals surface area contributed by atoms with Crippen LogP contribution in [0.2, 0.25) is 0 Å². The molecule has 6 heteroatoms. The summed E-state index contributed by atoms with van der Waals surface area (Å²) in [6, 6.07) is 21.0. The van der Waals surface area contributed by atoms with Crippen LogP contribution in [0.15, 0.2) is 66.7 Å². The molecule has 32 heavy (non-hydrogen) atoms. The van der Waals surface area contributed by atoms with E-state index < -0.39 is 18.3 Å². The lowest BCUT2D eigenvalue weighted by atomic mass is 9.98. The summed E-state index contributed by atoms with van der Waals surface area (Å²) in [4.78, 5) is 23.3. The summed E-state index contributed by atoms with van der Waals surface area (Å²) in [6.07, 6.45) is -2.49. The smallest absolute Gasteiger partial charge is 0.407 e. The number of carbonyl (C=O) groups excluding carboxylic acids is 2.